The summed E-state index contributed by atoms with van der Waals surface area (Å²) >= 11 is 2.30. The van der Waals surface area contributed by atoms with Crippen LogP contribution < -0.4 is 42.4 Å². The number of allylic oxidation sites excluding steroid dienone is 4. The molecule has 0 heterocycles. The van der Waals surface area contributed by atoms with Crippen molar-refractivity contribution in [2.24, 2.45) is 0 Å². The molecule has 1 aromatic rings. The van der Waals surface area contributed by atoms with Gasteiger partial charge in [-0.3, -0.25) is 0 Å². The van der Waals surface area contributed by atoms with Crippen molar-refractivity contribution in [3.8, 4) is 0 Å². The molecule has 1 aliphatic rings. The molecule has 0 amide bonds. The predicted molar refractivity (Wildman–Crippen MR) is 74.0 cm³/mol. The van der Waals surface area contributed by atoms with Gasteiger partial charge in [-0.1, -0.05) is 0 Å². The monoisotopic (exact) mass is 380 g/mol. The molecular formula is C15H19Cl3SiTi. The van der Waals surface area contributed by atoms with Crippen molar-refractivity contribution in [2.45, 2.75) is 33.1 Å². The predicted octanol–water partition coefficient (Wildman–Crippen LogP) is -6.31. The molecule has 2 rings (SSSR count). The van der Waals surface area contributed by atoms with Gasteiger partial charge in [0.1, 0.15) is 0 Å². The Morgan fingerprint density at radius 3 is 2.50 bits per heavy atom. The van der Waals surface area contributed by atoms with Crippen LogP contribution in [0.4, 0.5) is 0 Å². The van der Waals surface area contributed by atoms with E-state index in [2.05, 4.69) is 64.6 Å². The first-order chi connectivity index (χ1) is 8.20. The van der Waals surface area contributed by atoms with Crippen LogP contribution in [0.1, 0.15) is 31.7 Å². The van der Waals surface area contributed by atoms with Crippen LogP contribution in [-0.2, 0) is 20.4 Å². The quantitative estimate of drug-likeness (QED) is 0.455. The van der Waals surface area contributed by atoms with Gasteiger partial charge in [0.15, 0.2) is 0 Å². The minimum Gasteiger partial charge on any atom is -1.00 e. The van der Waals surface area contributed by atoms with Crippen LogP contribution in [0.25, 0.3) is 0 Å². The van der Waals surface area contributed by atoms with Crippen molar-refractivity contribution in [1.82, 2.24) is 0 Å². The van der Waals surface area contributed by atoms with E-state index in [1.54, 1.807) is 19.8 Å². The number of aryl methyl sites for hydroxylation is 1. The second kappa shape index (κ2) is 11.1. The Morgan fingerprint density at radius 2 is 1.90 bits per heavy atom. The van der Waals surface area contributed by atoms with Crippen LogP contribution in [0.15, 0.2) is 45.0 Å². The van der Waals surface area contributed by atoms with Crippen molar-refractivity contribution < 1.29 is 57.7 Å². The van der Waals surface area contributed by atoms with E-state index < -0.39 is 0 Å². The third-order valence-corrected chi connectivity index (χ3v) is 6.02. The van der Waals surface area contributed by atoms with Gasteiger partial charge in [-0.25, -0.2) is 0 Å². The number of hydrogen-bond donors (Lipinski definition) is 0. The first-order valence-electron chi connectivity index (χ1n) is 6.39. The minimum atomic E-state index is -0.253. The van der Waals surface area contributed by atoms with Gasteiger partial charge >= 0.3 is 119 Å². The molecule has 108 valence electrons. The summed E-state index contributed by atoms with van der Waals surface area (Å²) in [6.07, 6.45) is 6.22. The third-order valence-electron chi connectivity index (χ3n) is 3.28. The van der Waals surface area contributed by atoms with Gasteiger partial charge in [-0.05, 0) is 0 Å². The Hall–Kier alpha value is 0.501. The van der Waals surface area contributed by atoms with Gasteiger partial charge in [0.25, 0.3) is 0 Å². The number of rotatable bonds is 4. The summed E-state index contributed by atoms with van der Waals surface area (Å²) in [5, 5.41) is 3.29. The molecular weight excluding hydrogens is 362 g/mol. The topological polar surface area (TPSA) is 0 Å². The molecule has 0 atom stereocenters. The van der Waals surface area contributed by atoms with Gasteiger partial charge in [-0.15, -0.1) is 0 Å². The molecule has 0 saturated heterocycles. The Balaban J connectivity index is 0. The normalized spacial score (nSPS) is 13.7. The van der Waals surface area contributed by atoms with E-state index in [0.29, 0.717) is 0 Å². The fourth-order valence-electron chi connectivity index (χ4n) is 2.45. The van der Waals surface area contributed by atoms with Gasteiger partial charge in [0.2, 0.25) is 0 Å². The molecule has 0 unspecified atom stereocenters. The molecule has 0 aliphatic heterocycles. The van der Waals surface area contributed by atoms with Gasteiger partial charge in [0.05, 0.1) is 0 Å². The molecule has 5 heteroatoms. The maximum Gasteiger partial charge on any atom is -1.00 e. The summed E-state index contributed by atoms with van der Waals surface area (Å²) in [6, 6.07) is 9.06. The Bertz CT molecular complexity index is 484. The summed E-state index contributed by atoms with van der Waals surface area (Å²) < 4.78 is 1.61. The van der Waals surface area contributed by atoms with Crippen molar-refractivity contribution >= 4 is 14.7 Å². The number of benzene rings is 1. The molecule has 0 radical (unpaired) electrons. The first kappa shape index (κ1) is 22.8. The minimum absolute atomic E-state index is 0. The molecule has 0 bridgehead atoms. The Labute approximate surface area is 155 Å². The second-order valence-electron chi connectivity index (χ2n) is 4.81. The zero-order chi connectivity index (χ0) is 12.3. The van der Waals surface area contributed by atoms with Gasteiger partial charge in [0, 0.05) is 0 Å². The fourth-order valence-corrected chi connectivity index (χ4v) is 5.34. The SMILES string of the molecule is CCCC1=[C]([Ti+3])CC=C1[SiH2]c1cccc(C)c1.[Cl-].[Cl-].[Cl-]. The molecule has 0 aromatic heterocycles. The van der Waals surface area contributed by atoms with Gasteiger partial charge < -0.3 is 37.2 Å². The maximum atomic E-state index is 2.48. The Morgan fingerprint density at radius 1 is 1.20 bits per heavy atom. The van der Waals surface area contributed by atoms with E-state index in [-0.39, 0.29) is 46.7 Å². The zero-order valence-corrected chi connectivity index (χ0v) is 17.1. The zero-order valence-electron chi connectivity index (χ0n) is 11.8. The molecule has 0 fully saturated rings. The maximum absolute atomic E-state index is 2.48. The van der Waals surface area contributed by atoms with Crippen LogP contribution >= 0.6 is 0 Å². The van der Waals surface area contributed by atoms with Crippen LogP contribution in [0, 0.1) is 6.92 Å². The van der Waals surface area contributed by atoms with Crippen LogP contribution in [0.3, 0.4) is 0 Å². The van der Waals surface area contributed by atoms with Crippen LogP contribution in [-0.4, -0.2) is 9.52 Å². The summed E-state index contributed by atoms with van der Waals surface area (Å²) in [5.41, 5.74) is 3.08. The molecule has 0 N–H and O–H groups in total. The Kier molecular flexibility index (Phi) is 12.7. The molecule has 1 aromatic carbocycles. The average molecular weight is 382 g/mol. The van der Waals surface area contributed by atoms with E-state index >= 15 is 0 Å². The summed E-state index contributed by atoms with van der Waals surface area (Å²) in [4.78, 5) is 0. The molecule has 0 saturated carbocycles. The molecule has 0 nitrogen and oxygen atoms in total. The molecule has 0 spiro atoms. The summed E-state index contributed by atoms with van der Waals surface area (Å²) in [5.74, 6) is 0. The smallest absolute Gasteiger partial charge is 1.00 e. The van der Waals surface area contributed by atoms with Crippen LogP contribution in [0.5, 0.6) is 0 Å². The summed E-state index contributed by atoms with van der Waals surface area (Å²) in [6.45, 7) is 4.47. The van der Waals surface area contributed by atoms with E-state index in [4.69, 9.17) is 0 Å². The fraction of sp³-hybridized carbons (Fsp3) is 0.333. The first-order valence-corrected chi connectivity index (χ1v) is 8.58. The van der Waals surface area contributed by atoms with Crippen molar-refractivity contribution in [2.75, 3.05) is 0 Å². The van der Waals surface area contributed by atoms with Crippen LogP contribution in [0.2, 0.25) is 0 Å². The third kappa shape index (κ3) is 6.09. The summed E-state index contributed by atoms with van der Waals surface area (Å²) in [7, 11) is -0.253. The average Bonchev–Trinajstić information content (AvgIpc) is 2.62. The van der Waals surface area contributed by atoms with E-state index in [1.807, 2.05) is 0 Å². The van der Waals surface area contributed by atoms with Crippen molar-refractivity contribution in [3.05, 3.63) is 50.6 Å². The number of hydrogen-bond acceptors (Lipinski definition) is 0. The van der Waals surface area contributed by atoms with E-state index in [0.717, 1.165) is 0 Å². The number of halogens is 3. The standard InChI is InChI=1S/C15H19Si.3ClH.Ti/c1-3-6-13-8-5-10-15(13)16-14-9-4-7-12(2)11-14;;;;/h4,7,9-11H,3,5-6,16H2,1-2H3;3*1H;/q;;;;+3/p-3. The van der Waals surface area contributed by atoms with Crippen molar-refractivity contribution in [3.63, 3.8) is 0 Å². The van der Waals surface area contributed by atoms with Gasteiger partial charge in [-0.2, -0.15) is 0 Å². The van der Waals surface area contributed by atoms with E-state index in [9.17, 15) is 0 Å². The largest absolute Gasteiger partial charge is 1.00 e. The van der Waals surface area contributed by atoms with Crippen molar-refractivity contribution in [1.29, 1.82) is 0 Å². The van der Waals surface area contributed by atoms with E-state index in [1.165, 1.54) is 24.8 Å². The molecule has 20 heavy (non-hydrogen) atoms. The molecule has 1 aliphatic carbocycles. The second-order valence-corrected chi connectivity index (χ2v) is 7.68.